The zero-order valence-electron chi connectivity index (χ0n) is 13.2. The average molecular weight is 318 g/mol. The lowest BCUT2D eigenvalue weighted by Gasteiger charge is -2.14. The van der Waals surface area contributed by atoms with Gasteiger partial charge < -0.3 is 9.88 Å². The maximum atomic E-state index is 12.1. The van der Waals surface area contributed by atoms with E-state index >= 15 is 0 Å². The number of thioether (sulfide) groups is 1. The van der Waals surface area contributed by atoms with Gasteiger partial charge in [0.05, 0.1) is 17.5 Å². The van der Waals surface area contributed by atoms with Crippen molar-refractivity contribution in [2.45, 2.75) is 37.7 Å². The highest BCUT2D eigenvalue weighted by Crippen LogP contribution is 2.22. The minimum absolute atomic E-state index is 0.0473. The second-order valence-corrected chi connectivity index (χ2v) is 6.87. The Bertz CT molecular complexity index is 597. The molecule has 0 saturated carbocycles. The smallest absolute Gasteiger partial charge is 0.233 e. The number of imidazole rings is 1. The van der Waals surface area contributed by atoms with E-state index in [2.05, 4.69) is 29.1 Å². The number of carbonyl (C=O) groups excluding carboxylic acids is 1. The van der Waals surface area contributed by atoms with Gasteiger partial charge in [-0.15, -0.1) is 0 Å². The third kappa shape index (κ3) is 4.87. The van der Waals surface area contributed by atoms with Crippen LogP contribution >= 0.6 is 11.8 Å². The highest BCUT2D eigenvalue weighted by atomic mass is 32.2. The molecule has 5 nitrogen and oxygen atoms in total. The van der Waals surface area contributed by atoms with Crippen LogP contribution in [0.3, 0.4) is 0 Å². The van der Waals surface area contributed by atoms with Crippen molar-refractivity contribution in [3.63, 3.8) is 0 Å². The summed E-state index contributed by atoms with van der Waals surface area (Å²) in [6, 6.07) is 5.84. The molecule has 0 aromatic carbocycles. The molecule has 0 fully saturated rings. The molecular formula is C16H22N4OS. The second kappa shape index (κ2) is 7.98. The molecule has 0 unspecified atom stereocenters. The van der Waals surface area contributed by atoms with Crippen molar-refractivity contribution in [3.05, 3.63) is 42.5 Å². The van der Waals surface area contributed by atoms with Crippen LogP contribution in [0, 0.1) is 5.92 Å². The van der Waals surface area contributed by atoms with E-state index in [0.717, 1.165) is 10.9 Å². The molecule has 1 amide bonds. The Balaban J connectivity index is 1.96. The summed E-state index contributed by atoms with van der Waals surface area (Å²) in [6.07, 6.45) is 5.45. The van der Waals surface area contributed by atoms with Gasteiger partial charge in [-0.2, -0.15) is 0 Å². The predicted octanol–water partition coefficient (Wildman–Crippen LogP) is 2.58. The molecule has 2 aromatic rings. The van der Waals surface area contributed by atoms with Crippen LogP contribution in [-0.2, 0) is 11.3 Å². The molecule has 0 saturated heterocycles. The second-order valence-electron chi connectivity index (χ2n) is 5.56. The molecular weight excluding hydrogens is 296 g/mol. The highest BCUT2D eigenvalue weighted by Gasteiger charge is 2.17. The summed E-state index contributed by atoms with van der Waals surface area (Å²) in [7, 11) is 0. The fourth-order valence-corrected chi connectivity index (χ4v) is 2.75. The summed E-state index contributed by atoms with van der Waals surface area (Å²) >= 11 is 1.47. The number of aromatic nitrogens is 3. The van der Waals surface area contributed by atoms with Crippen molar-refractivity contribution in [2.75, 3.05) is 6.54 Å². The fourth-order valence-electron chi connectivity index (χ4n) is 1.86. The van der Waals surface area contributed by atoms with E-state index in [9.17, 15) is 4.79 Å². The van der Waals surface area contributed by atoms with Crippen LogP contribution in [0.25, 0.3) is 0 Å². The van der Waals surface area contributed by atoms with E-state index in [1.54, 1.807) is 12.4 Å². The van der Waals surface area contributed by atoms with Crippen LogP contribution in [0.4, 0.5) is 0 Å². The van der Waals surface area contributed by atoms with E-state index in [1.807, 2.05) is 35.9 Å². The quantitative estimate of drug-likeness (QED) is 0.797. The van der Waals surface area contributed by atoms with Crippen molar-refractivity contribution in [1.82, 2.24) is 19.9 Å². The minimum Gasteiger partial charge on any atom is -0.355 e. The van der Waals surface area contributed by atoms with Crippen LogP contribution in [0.5, 0.6) is 0 Å². The largest absolute Gasteiger partial charge is 0.355 e. The number of amides is 1. The molecule has 6 heteroatoms. The summed E-state index contributed by atoms with van der Waals surface area (Å²) in [4.78, 5) is 20.7. The number of rotatable bonds is 7. The first-order valence-electron chi connectivity index (χ1n) is 7.41. The Morgan fingerprint density at radius 1 is 1.27 bits per heavy atom. The van der Waals surface area contributed by atoms with Crippen molar-refractivity contribution in [2.24, 2.45) is 5.92 Å². The van der Waals surface area contributed by atoms with Gasteiger partial charge in [0.25, 0.3) is 0 Å². The van der Waals surface area contributed by atoms with Crippen LogP contribution in [-0.4, -0.2) is 32.2 Å². The van der Waals surface area contributed by atoms with Gasteiger partial charge in [0, 0.05) is 25.1 Å². The Morgan fingerprint density at radius 2 is 2.09 bits per heavy atom. The predicted molar refractivity (Wildman–Crippen MR) is 88.7 cm³/mol. The molecule has 2 heterocycles. The monoisotopic (exact) mass is 318 g/mol. The first-order valence-corrected chi connectivity index (χ1v) is 8.29. The maximum Gasteiger partial charge on any atom is 0.233 e. The van der Waals surface area contributed by atoms with E-state index < -0.39 is 0 Å². The normalized spacial score (nSPS) is 12.4. The minimum atomic E-state index is -0.177. The van der Waals surface area contributed by atoms with E-state index in [0.29, 0.717) is 19.0 Å². The molecule has 0 aliphatic heterocycles. The number of nitrogens with one attached hydrogen (secondary N) is 1. The SMILES string of the molecule is CC(C)CNC(=O)[C@H](C)Sc1nccn1Cc1ccccn1. The third-order valence-corrected chi connectivity index (χ3v) is 4.19. The van der Waals surface area contributed by atoms with Gasteiger partial charge in [0.2, 0.25) is 5.91 Å². The van der Waals surface area contributed by atoms with Crippen molar-refractivity contribution < 1.29 is 4.79 Å². The van der Waals surface area contributed by atoms with E-state index in [4.69, 9.17) is 0 Å². The average Bonchev–Trinajstić information content (AvgIpc) is 2.92. The molecule has 22 heavy (non-hydrogen) atoms. The van der Waals surface area contributed by atoms with Crippen LogP contribution < -0.4 is 5.32 Å². The highest BCUT2D eigenvalue weighted by molar-refractivity contribution is 8.00. The number of pyridine rings is 1. The van der Waals surface area contributed by atoms with Crippen molar-refractivity contribution in [1.29, 1.82) is 0 Å². The van der Waals surface area contributed by atoms with Crippen molar-refractivity contribution in [3.8, 4) is 0 Å². The summed E-state index contributed by atoms with van der Waals surface area (Å²) < 4.78 is 2.01. The first kappa shape index (κ1) is 16.5. The number of carbonyl (C=O) groups is 1. The molecule has 0 bridgehead atoms. The van der Waals surface area contributed by atoms with Gasteiger partial charge in [-0.1, -0.05) is 31.7 Å². The van der Waals surface area contributed by atoms with Crippen LogP contribution in [0.2, 0.25) is 0 Å². The molecule has 0 aliphatic rings. The summed E-state index contributed by atoms with van der Waals surface area (Å²) in [5.41, 5.74) is 0.972. The van der Waals surface area contributed by atoms with Gasteiger partial charge in [-0.3, -0.25) is 9.78 Å². The molecule has 0 spiro atoms. The van der Waals surface area contributed by atoms with Gasteiger partial charge in [-0.05, 0) is 25.0 Å². The molecule has 0 aliphatic carbocycles. The maximum absolute atomic E-state index is 12.1. The Labute approximate surface area is 135 Å². The van der Waals surface area contributed by atoms with Gasteiger partial charge >= 0.3 is 0 Å². The van der Waals surface area contributed by atoms with Crippen molar-refractivity contribution >= 4 is 17.7 Å². The Morgan fingerprint density at radius 3 is 2.77 bits per heavy atom. The zero-order valence-corrected chi connectivity index (χ0v) is 14.0. The third-order valence-electron chi connectivity index (χ3n) is 3.07. The zero-order chi connectivity index (χ0) is 15.9. The molecule has 0 radical (unpaired) electrons. The Hall–Kier alpha value is -1.82. The molecule has 2 aromatic heterocycles. The van der Waals surface area contributed by atoms with E-state index in [-0.39, 0.29) is 11.2 Å². The number of nitrogens with zero attached hydrogens (tertiary/aromatic N) is 3. The fraction of sp³-hybridized carbons (Fsp3) is 0.438. The number of hydrogen-bond acceptors (Lipinski definition) is 4. The van der Waals surface area contributed by atoms with Gasteiger partial charge in [0.15, 0.2) is 5.16 Å². The van der Waals surface area contributed by atoms with E-state index in [1.165, 1.54) is 11.8 Å². The topological polar surface area (TPSA) is 59.8 Å². The summed E-state index contributed by atoms with van der Waals surface area (Å²) in [5.74, 6) is 0.498. The number of hydrogen-bond donors (Lipinski definition) is 1. The lowest BCUT2D eigenvalue weighted by atomic mass is 10.2. The van der Waals surface area contributed by atoms with Gasteiger partial charge in [0.1, 0.15) is 0 Å². The first-order chi connectivity index (χ1) is 10.6. The summed E-state index contributed by atoms with van der Waals surface area (Å²) in [6.45, 7) is 7.42. The molecule has 2 rings (SSSR count). The van der Waals surface area contributed by atoms with Crippen LogP contribution in [0.15, 0.2) is 41.9 Å². The molecule has 118 valence electrons. The standard InChI is InChI=1S/C16H22N4OS/c1-12(2)10-19-15(21)13(3)22-16-18-8-9-20(16)11-14-6-4-5-7-17-14/h4-9,12-13H,10-11H2,1-3H3,(H,19,21)/t13-/m0/s1. The molecule has 1 N–H and O–H groups in total. The summed E-state index contributed by atoms with van der Waals surface area (Å²) in [5, 5.41) is 3.61. The van der Waals surface area contributed by atoms with Crippen LogP contribution in [0.1, 0.15) is 26.5 Å². The van der Waals surface area contributed by atoms with Gasteiger partial charge in [-0.25, -0.2) is 4.98 Å². The lowest BCUT2D eigenvalue weighted by Crippen LogP contribution is -2.33. The Kier molecular flexibility index (Phi) is 6.00. The molecule has 1 atom stereocenters. The lowest BCUT2D eigenvalue weighted by molar-refractivity contribution is -0.120.